The second-order valence-corrected chi connectivity index (χ2v) is 5.19. The molecule has 106 valence electrons. The lowest BCUT2D eigenvalue weighted by Gasteiger charge is -2.20. The number of hydrogen-bond acceptors (Lipinski definition) is 2. The summed E-state index contributed by atoms with van der Waals surface area (Å²) in [6, 6.07) is 8.36. The second-order valence-electron chi connectivity index (χ2n) is 4.27. The highest BCUT2D eigenvalue weighted by molar-refractivity contribution is 9.10. The van der Waals surface area contributed by atoms with Crippen LogP contribution in [0.5, 0.6) is 5.75 Å². The van der Waals surface area contributed by atoms with E-state index in [-0.39, 0.29) is 5.56 Å². The molecular weight excluding hydrogens is 328 g/mol. The largest absolute Gasteiger partial charge is 0.496 e. The van der Waals surface area contributed by atoms with Crippen molar-refractivity contribution in [1.29, 1.82) is 0 Å². The molecule has 20 heavy (non-hydrogen) atoms. The van der Waals surface area contributed by atoms with E-state index >= 15 is 0 Å². The molecule has 1 atom stereocenters. The third-order valence-corrected chi connectivity index (χ3v) is 3.56. The molecule has 0 saturated carbocycles. The molecule has 0 aliphatic heterocycles. The smallest absolute Gasteiger partial charge is 0.128 e. The first-order chi connectivity index (χ1) is 9.56. The summed E-state index contributed by atoms with van der Waals surface area (Å²) >= 11 is 3.36. The van der Waals surface area contributed by atoms with Crippen molar-refractivity contribution in [2.75, 3.05) is 14.2 Å². The van der Waals surface area contributed by atoms with Crippen molar-refractivity contribution in [3.05, 3.63) is 63.6 Å². The van der Waals surface area contributed by atoms with Crippen molar-refractivity contribution in [2.24, 2.45) is 0 Å². The lowest BCUT2D eigenvalue weighted by atomic mass is 9.97. The van der Waals surface area contributed by atoms with E-state index in [4.69, 9.17) is 4.74 Å². The van der Waals surface area contributed by atoms with Gasteiger partial charge in [0.25, 0.3) is 0 Å². The monoisotopic (exact) mass is 341 g/mol. The maximum absolute atomic E-state index is 14.0. The molecule has 2 nitrogen and oxygen atoms in total. The van der Waals surface area contributed by atoms with Crippen LogP contribution in [0.3, 0.4) is 0 Å². The predicted molar refractivity (Wildman–Crippen MR) is 78.0 cm³/mol. The molecule has 2 rings (SSSR count). The van der Waals surface area contributed by atoms with E-state index in [1.54, 1.807) is 20.2 Å². The molecule has 0 amide bonds. The third-order valence-electron chi connectivity index (χ3n) is 3.06. The fraction of sp³-hybridized carbons (Fsp3) is 0.200. The lowest BCUT2D eigenvalue weighted by molar-refractivity contribution is 0.404. The maximum Gasteiger partial charge on any atom is 0.128 e. The number of rotatable bonds is 4. The van der Waals surface area contributed by atoms with Gasteiger partial charge in [0, 0.05) is 15.6 Å². The van der Waals surface area contributed by atoms with Crippen LogP contribution in [0, 0.1) is 11.6 Å². The first kappa shape index (κ1) is 14.9. The summed E-state index contributed by atoms with van der Waals surface area (Å²) < 4.78 is 33.5. The highest BCUT2D eigenvalue weighted by atomic mass is 79.9. The molecule has 1 N–H and O–H groups in total. The van der Waals surface area contributed by atoms with Gasteiger partial charge in [0.1, 0.15) is 17.4 Å². The number of benzene rings is 2. The Morgan fingerprint density at radius 2 is 1.85 bits per heavy atom. The fourth-order valence-corrected chi connectivity index (χ4v) is 2.48. The first-order valence-corrected chi connectivity index (χ1v) is 6.81. The van der Waals surface area contributed by atoms with E-state index in [0.717, 1.165) is 22.2 Å². The van der Waals surface area contributed by atoms with E-state index in [1.165, 1.54) is 6.07 Å². The molecule has 0 heterocycles. The van der Waals surface area contributed by atoms with Crippen LogP contribution in [0.2, 0.25) is 0 Å². The summed E-state index contributed by atoms with van der Waals surface area (Å²) in [7, 11) is 3.23. The topological polar surface area (TPSA) is 21.3 Å². The Morgan fingerprint density at radius 3 is 2.50 bits per heavy atom. The summed E-state index contributed by atoms with van der Waals surface area (Å²) in [5.74, 6) is -0.337. The summed E-state index contributed by atoms with van der Waals surface area (Å²) in [4.78, 5) is 0. The Labute approximate surface area is 124 Å². The predicted octanol–water partition coefficient (Wildman–Crippen LogP) is 4.04. The van der Waals surface area contributed by atoms with E-state index in [0.29, 0.717) is 5.75 Å². The van der Waals surface area contributed by atoms with E-state index < -0.39 is 17.7 Å². The zero-order valence-electron chi connectivity index (χ0n) is 11.1. The summed E-state index contributed by atoms with van der Waals surface area (Å²) in [6.45, 7) is 0. The van der Waals surface area contributed by atoms with Gasteiger partial charge in [0.2, 0.25) is 0 Å². The number of halogens is 3. The van der Waals surface area contributed by atoms with E-state index in [1.807, 2.05) is 12.1 Å². The van der Waals surface area contributed by atoms with Crippen LogP contribution >= 0.6 is 15.9 Å². The quantitative estimate of drug-likeness (QED) is 0.905. The highest BCUT2D eigenvalue weighted by Gasteiger charge is 2.20. The van der Waals surface area contributed by atoms with Crippen molar-refractivity contribution in [3.8, 4) is 5.75 Å². The molecule has 0 spiro atoms. The van der Waals surface area contributed by atoms with Gasteiger partial charge in [0.05, 0.1) is 13.2 Å². The van der Waals surface area contributed by atoms with Gasteiger partial charge in [-0.1, -0.05) is 22.0 Å². The van der Waals surface area contributed by atoms with Gasteiger partial charge in [-0.15, -0.1) is 0 Å². The Morgan fingerprint density at radius 1 is 1.10 bits per heavy atom. The van der Waals surface area contributed by atoms with Crippen molar-refractivity contribution in [1.82, 2.24) is 5.32 Å². The fourth-order valence-electron chi connectivity index (χ4n) is 2.14. The zero-order valence-corrected chi connectivity index (χ0v) is 12.7. The highest BCUT2D eigenvalue weighted by Crippen LogP contribution is 2.33. The number of ether oxygens (including phenoxy) is 1. The van der Waals surface area contributed by atoms with Crippen LogP contribution in [-0.4, -0.2) is 14.2 Å². The lowest BCUT2D eigenvalue weighted by Crippen LogP contribution is -2.20. The molecule has 2 aromatic rings. The number of nitrogens with one attached hydrogen (secondary N) is 1. The van der Waals surface area contributed by atoms with Crippen molar-refractivity contribution < 1.29 is 13.5 Å². The van der Waals surface area contributed by atoms with Gasteiger partial charge in [0.15, 0.2) is 0 Å². The molecule has 0 aliphatic carbocycles. The standard InChI is InChI=1S/C15H14BrF2NO/c1-19-15(12-8-10(17)4-6-13(12)18)11-5-3-9(16)7-14(11)20-2/h3-8,15,19H,1-2H3. The average Bonchev–Trinajstić information content (AvgIpc) is 2.44. The molecule has 0 bridgehead atoms. The van der Waals surface area contributed by atoms with Gasteiger partial charge in [-0.2, -0.15) is 0 Å². The minimum atomic E-state index is -0.492. The van der Waals surface area contributed by atoms with Crippen LogP contribution < -0.4 is 10.1 Å². The normalized spacial score (nSPS) is 12.2. The van der Waals surface area contributed by atoms with Gasteiger partial charge in [-0.3, -0.25) is 0 Å². The SMILES string of the molecule is CNC(c1cc(F)ccc1F)c1ccc(Br)cc1OC. The van der Waals surface area contributed by atoms with Crippen molar-refractivity contribution >= 4 is 15.9 Å². The molecule has 0 radical (unpaired) electrons. The van der Waals surface area contributed by atoms with Crippen LogP contribution in [0.1, 0.15) is 17.2 Å². The van der Waals surface area contributed by atoms with E-state index in [9.17, 15) is 8.78 Å². The molecule has 0 fully saturated rings. The van der Waals surface area contributed by atoms with Gasteiger partial charge >= 0.3 is 0 Å². The van der Waals surface area contributed by atoms with Crippen molar-refractivity contribution in [3.63, 3.8) is 0 Å². The second kappa shape index (κ2) is 6.33. The summed E-state index contributed by atoms with van der Waals surface area (Å²) in [5.41, 5.74) is 0.982. The third kappa shape index (κ3) is 2.99. The van der Waals surface area contributed by atoms with Crippen LogP contribution in [0.25, 0.3) is 0 Å². The Balaban J connectivity index is 2.55. The number of hydrogen-bond donors (Lipinski definition) is 1. The summed E-state index contributed by atoms with van der Waals surface area (Å²) in [6.07, 6.45) is 0. The Kier molecular flexibility index (Phi) is 4.73. The maximum atomic E-state index is 14.0. The molecule has 5 heteroatoms. The van der Waals surface area contributed by atoms with Crippen LogP contribution in [0.15, 0.2) is 40.9 Å². The average molecular weight is 342 g/mol. The minimum Gasteiger partial charge on any atom is -0.496 e. The van der Waals surface area contributed by atoms with Crippen LogP contribution in [0.4, 0.5) is 8.78 Å². The van der Waals surface area contributed by atoms with Gasteiger partial charge in [-0.25, -0.2) is 8.78 Å². The van der Waals surface area contributed by atoms with E-state index in [2.05, 4.69) is 21.2 Å². The molecule has 0 aromatic heterocycles. The molecule has 1 unspecified atom stereocenters. The molecule has 0 saturated heterocycles. The Bertz CT molecular complexity index is 619. The van der Waals surface area contributed by atoms with Crippen LogP contribution in [-0.2, 0) is 0 Å². The summed E-state index contributed by atoms with van der Waals surface area (Å²) in [5, 5.41) is 2.99. The van der Waals surface area contributed by atoms with Gasteiger partial charge < -0.3 is 10.1 Å². The molecular formula is C15H14BrF2NO. The molecule has 0 aliphatic rings. The minimum absolute atomic E-state index is 0.244. The number of methoxy groups -OCH3 is 1. The van der Waals surface area contributed by atoms with Crippen molar-refractivity contribution in [2.45, 2.75) is 6.04 Å². The zero-order chi connectivity index (χ0) is 14.7. The Hall–Kier alpha value is -1.46. The molecule has 2 aromatic carbocycles. The van der Waals surface area contributed by atoms with Gasteiger partial charge in [-0.05, 0) is 37.4 Å². The first-order valence-electron chi connectivity index (χ1n) is 6.02.